The van der Waals surface area contributed by atoms with Gasteiger partial charge in [-0.3, -0.25) is 0 Å². The quantitative estimate of drug-likeness (QED) is 0.194. The van der Waals surface area contributed by atoms with Gasteiger partial charge >= 0.3 is 0 Å². The van der Waals surface area contributed by atoms with Crippen LogP contribution >= 0.6 is 11.3 Å². The highest BCUT2D eigenvalue weighted by Crippen LogP contribution is 2.45. The maximum Gasteiger partial charge on any atom is 0.227 e. The van der Waals surface area contributed by atoms with Gasteiger partial charge in [0.05, 0.1) is 4.70 Å². The Hall–Kier alpha value is -6.18. The summed E-state index contributed by atoms with van der Waals surface area (Å²) in [7, 11) is 0. The van der Waals surface area contributed by atoms with Crippen molar-refractivity contribution >= 4 is 64.5 Å². The van der Waals surface area contributed by atoms with E-state index in [9.17, 15) is 0 Å². The second kappa shape index (κ2) is 10.2. The van der Waals surface area contributed by atoms with Gasteiger partial charge in [0, 0.05) is 48.5 Å². The minimum absolute atomic E-state index is 0.571. The first-order valence-electron chi connectivity index (χ1n) is 15.3. The lowest BCUT2D eigenvalue weighted by Gasteiger charge is -2.10. The highest BCUT2D eigenvalue weighted by atomic mass is 32.1. The van der Waals surface area contributed by atoms with Gasteiger partial charge in [-0.1, -0.05) is 97.1 Å². The van der Waals surface area contributed by atoms with Gasteiger partial charge in [0.1, 0.15) is 16.7 Å². The molecule has 0 atom stereocenters. The summed E-state index contributed by atoms with van der Waals surface area (Å²) in [5.41, 5.74) is 6.71. The lowest BCUT2D eigenvalue weighted by molar-refractivity contribution is 0.623. The van der Waals surface area contributed by atoms with Gasteiger partial charge in [-0.2, -0.15) is 0 Å². The molecule has 220 valence electrons. The number of hydrogen-bond acceptors (Lipinski definition) is 7. The third-order valence-corrected chi connectivity index (χ3v) is 9.78. The van der Waals surface area contributed by atoms with Crippen LogP contribution in [0.25, 0.3) is 98.8 Å². The topological polar surface area (TPSA) is 77.8 Å². The van der Waals surface area contributed by atoms with Crippen LogP contribution in [0.3, 0.4) is 0 Å². The first-order chi connectivity index (χ1) is 23.3. The number of para-hydroxylation sites is 1. The Balaban J connectivity index is 1.29. The second-order valence-electron chi connectivity index (χ2n) is 11.4. The molecule has 4 aromatic heterocycles. The molecule has 0 fully saturated rings. The predicted molar refractivity (Wildman–Crippen MR) is 189 cm³/mol. The summed E-state index contributed by atoms with van der Waals surface area (Å²) in [5, 5.41) is 4.12. The molecule has 10 rings (SSSR count). The van der Waals surface area contributed by atoms with Crippen molar-refractivity contribution < 1.29 is 8.83 Å². The number of benzene rings is 6. The van der Waals surface area contributed by atoms with Crippen molar-refractivity contribution in [3.8, 4) is 45.6 Å². The molecule has 7 heteroatoms. The zero-order valence-corrected chi connectivity index (χ0v) is 25.5. The highest BCUT2D eigenvalue weighted by molar-refractivity contribution is 7.26. The molecule has 0 N–H and O–H groups in total. The number of oxazole rings is 1. The smallest absolute Gasteiger partial charge is 0.227 e. The number of thiophene rings is 1. The van der Waals surface area contributed by atoms with Crippen LogP contribution < -0.4 is 0 Å². The van der Waals surface area contributed by atoms with E-state index in [0.717, 1.165) is 75.5 Å². The monoisotopic (exact) mass is 622 g/mol. The number of aromatic nitrogens is 4. The molecule has 0 unspecified atom stereocenters. The lowest BCUT2D eigenvalue weighted by Crippen LogP contribution is -2.00. The zero-order chi connectivity index (χ0) is 30.9. The van der Waals surface area contributed by atoms with Gasteiger partial charge in [0.25, 0.3) is 0 Å². The minimum Gasteiger partial charge on any atom is -0.456 e. The molecule has 6 nitrogen and oxygen atoms in total. The summed E-state index contributed by atoms with van der Waals surface area (Å²) in [6.07, 6.45) is 0. The van der Waals surface area contributed by atoms with Crippen LogP contribution in [0.1, 0.15) is 0 Å². The fourth-order valence-corrected chi connectivity index (χ4v) is 7.65. The summed E-state index contributed by atoms with van der Waals surface area (Å²) < 4.78 is 15.0. The van der Waals surface area contributed by atoms with E-state index in [1.807, 2.05) is 91.0 Å². The number of hydrogen-bond donors (Lipinski definition) is 0. The molecule has 0 aliphatic rings. The van der Waals surface area contributed by atoms with Gasteiger partial charge in [-0.25, -0.2) is 19.9 Å². The van der Waals surface area contributed by atoms with Crippen molar-refractivity contribution in [3.63, 3.8) is 0 Å². The molecule has 10 aromatic rings. The standard InChI is InChI=1S/C40H22N4O2S/c1-3-12-23(13-4-1)37-42-38(27-18-11-20-31-33(27)25-16-7-9-19-30(25)45-31)44-39(43-37)28-22-29-35(46-40(41-29)24-14-5-2-6-15-24)34-26-17-8-10-21-32(26)47-36(28)34/h1-22H. The van der Waals surface area contributed by atoms with Crippen LogP contribution in [-0.2, 0) is 0 Å². The number of rotatable bonds is 4. The SMILES string of the molecule is c1ccc(-c2nc(-c3cc4nc(-c5ccccc5)oc4c4c3sc3ccccc34)nc(-c3cccc4oc5ccccc5c34)n2)cc1. The van der Waals surface area contributed by atoms with Crippen LogP contribution in [0, 0.1) is 0 Å². The van der Waals surface area contributed by atoms with Crippen molar-refractivity contribution in [1.82, 2.24) is 19.9 Å². The third kappa shape index (κ3) is 4.10. The van der Waals surface area contributed by atoms with Gasteiger partial charge in [0.15, 0.2) is 23.1 Å². The Labute approximate surface area is 271 Å². The summed E-state index contributed by atoms with van der Waals surface area (Å²) in [6.45, 7) is 0. The molecule has 47 heavy (non-hydrogen) atoms. The second-order valence-corrected chi connectivity index (χ2v) is 12.5. The Kier molecular flexibility index (Phi) is 5.64. The van der Waals surface area contributed by atoms with E-state index in [0.29, 0.717) is 23.4 Å². The minimum atomic E-state index is 0.571. The molecule has 0 saturated heterocycles. The van der Waals surface area contributed by atoms with E-state index in [-0.39, 0.29) is 0 Å². The third-order valence-electron chi connectivity index (χ3n) is 8.57. The Bertz CT molecular complexity index is 2800. The molecule has 0 saturated carbocycles. The number of nitrogens with zero attached hydrogens (tertiary/aromatic N) is 4. The molecule has 0 aliphatic carbocycles. The zero-order valence-electron chi connectivity index (χ0n) is 24.7. The predicted octanol–water partition coefficient (Wildman–Crippen LogP) is 10.9. The Morgan fingerprint density at radius 2 is 1.13 bits per heavy atom. The van der Waals surface area contributed by atoms with Gasteiger partial charge in [-0.05, 0) is 36.4 Å². The van der Waals surface area contributed by atoms with E-state index in [1.54, 1.807) is 11.3 Å². The first kappa shape index (κ1) is 26.1. The van der Waals surface area contributed by atoms with Crippen LogP contribution in [0.4, 0.5) is 0 Å². The van der Waals surface area contributed by atoms with Crippen molar-refractivity contribution in [2.75, 3.05) is 0 Å². The van der Waals surface area contributed by atoms with Crippen molar-refractivity contribution in [2.24, 2.45) is 0 Å². The molecule has 0 amide bonds. The fraction of sp³-hybridized carbons (Fsp3) is 0. The van der Waals surface area contributed by atoms with E-state index >= 15 is 0 Å². The van der Waals surface area contributed by atoms with Gasteiger partial charge < -0.3 is 8.83 Å². The summed E-state index contributed by atoms with van der Waals surface area (Å²) in [5.74, 6) is 2.32. The Morgan fingerprint density at radius 1 is 0.468 bits per heavy atom. The molecule has 0 aliphatic heterocycles. The van der Waals surface area contributed by atoms with E-state index < -0.39 is 0 Å². The fourth-order valence-electron chi connectivity index (χ4n) is 6.44. The van der Waals surface area contributed by atoms with Gasteiger partial charge in [-0.15, -0.1) is 11.3 Å². The molecule has 0 bridgehead atoms. The maximum absolute atomic E-state index is 6.52. The van der Waals surface area contributed by atoms with Crippen molar-refractivity contribution in [1.29, 1.82) is 0 Å². The van der Waals surface area contributed by atoms with Crippen LogP contribution in [0.2, 0.25) is 0 Å². The normalized spacial score (nSPS) is 11.8. The van der Waals surface area contributed by atoms with Crippen LogP contribution in [0.15, 0.2) is 142 Å². The van der Waals surface area contributed by atoms with Gasteiger partial charge in [0.2, 0.25) is 5.89 Å². The molecule has 6 aromatic carbocycles. The largest absolute Gasteiger partial charge is 0.456 e. The average molecular weight is 623 g/mol. The number of furan rings is 1. The molecular weight excluding hydrogens is 601 g/mol. The van der Waals surface area contributed by atoms with E-state index in [4.69, 9.17) is 28.8 Å². The summed E-state index contributed by atoms with van der Waals surface area (Å²) in [6, 6.07) is 44.6. The molecular formula is C40H22N4O2S. The molecule has 0 spiro atoms. The van der Waals surface area contributed by atoms with E-state index in [1.165, 1.54) is 0 Å². The molecule has 4 heterocycles. The van der Waals surface area contributed by atoms with Crippen molar-refractivity contribution in [2.45, 2.75) is 0 Å². The number of fused-ring (bicyclic) bond motifs is 8. The first-order valence-corrected chi connectivity index (χ1v) is 16.1. The van der Waals surface area contributed by atoms with Crippen LogP contribution in [-0.4, -0.2) is 19.9 Å². The maximum atomic E-state index is 6.52. The van der Waals surface area contributed by atoms with Crippen LogP contribution in [0.5, 0.6) is 0 Å². The summed E-state index contributed by atoms with van der Waals surface area (Å²) in [4.78, 5) is 20.4. The molecule has 0 radical (unpaired) electrons. The van der Waals surface area contributed by atoms with Crippen molar-refractivity contribution in [3.05, 3.63) is 133 Å². The Morgan fingerprint density at radius 3 is 1.96 bits per heavy atom. The summed E-state index contributed by atoms with van der Waals surface area (Å²) >= 11 is 1.71. The van der Waals surface area contributed by atoms with E-state index in [2.05, 4.69) is 42.5 Å². The lowest BCUT2D eigenvalue weighted by atomic mass is 10.0. The average Bonchev–Trinajstić information content (AvgIpc) is 3.85. The highest BCUT2D eigenvalue weighted by Gasteiger charge is 2.23.